The minimum absolute atomic E-state index is 0.135. The molecule has 6 rings (SSSR count). The van der Waals surface area contributed by atoms with E-state index in [1.54, 1.807) is 43.4 Å². The highest BCUT2D eigenvalue weighted by atomic mass is 16.6. The minimum atomic E-state index is -0.795. The van der Waals surface area contributed by atoms with Crippen molar-refractivity contribution in [3.63, 3.8) is 0 Å². The SMILES string of the molecule is Cn1c2c(c(=O)n(C)c1=O)[C@H](c1ccc(OC(=O)c3ccc([N+](=O)[O-])cc3)cc1)C1=C(N2)c2ccccc2C1=O. The lowest BCUT2D eigenvalue weighted by atomic mass is 9.81. The van der Waals surface area contributed by atoms with Crippen molar-refractivity contribution < 1.29 is 19.2 Å². The van der Waals surface area contributed by atoms with E-state index in [9.17, 15) is 29.3 Å². The Morgan fingerprint density at radius 2 is 1.55 bits per heavy atom. The monoisotopic (exact) mass is 536 g/mol. The number of carbonyl (C=O) groups is 2. The number of rotatable bonds is 4. The number of benzene rings is 3. The maximum absolute atomic E-state index is 13.6. The van der Waals surface area contributed by atoms with Gasteiger partial charge in [-0.3, -0.25) is 28.8 Å². The van der Waals surface area contributed by atoms with Gasteiger partial charge < -0.3 is 10.1 Å². The molecular formula is C29H20N4O7. The van der Waals surface area contributed by atoms with Crippen LogP contribution in [0.3, 0.4) is 0 Å². The van der Waals surface area contributed by atoms with E-state index in [4.69, 9.17) is 4.74 Å². The number of hydrogen-bond donors (Lipinski definition) is 1. The van der Waals surface area contributed by atoms with Crippen molar-refractivity contribution in [2.45, 2.75) is 5.92 Å². The minimum Gasteiger partial charge on any atom is -0.423 e. The van der Waals surface area contributed by atoms with E-state index in [1.807, 2.05) is 12.1 Å². The van der Waals surface area contributed by atoms with E-state index in [2.05, 4.69) is 5.32 Å². The summed E-state index contributed by atoms with van der Waals surface area (Å²) in [5.74, 6) is -1.22. The van der Waals surface area contributed by atoms with E-state index >= 15 is 0 Å². The number of hydrogen-bond acceptors (Lipinski definition) is 8. The number of anilines is 1. The van der Waals surface area contributed by atoms with Gasteiger partial charge in [0.15, 0.2) is 5.78 Å². The summed E-state index contributed by atoms with van der Waals surface area (Å²) >= 11 is 0. The number of aromatic nitrogens is 2. The Morgan fingerprint density at radius 1 is 0.900 bits per heavy atom. The second-order valence-corrected chi connectivity index (χ2v) is 9.45. The molecule has 1 atom stereocenters. The zero-order valence-corrected chi connectivity index (χ0v) is 21.2. The largest absolute Gasteiger partial charge is 0.423 e. The molecule has 1 N–H and O–H groups in total. The van der Waals surface area contributed by atoms with Crippen LogP contribution in [-0.4, -0.2) is 25.8 Å². The summed E-state index contributed by atoms with van der Waals surface area (Å²) in [6.45, 7) is 0. The zero-order valence-electron chi connectivity index (χ0n) is 21.2. The number of ketones is 1. The maximum atomic E-state index is 13.6. The van der Waals surface area contributed by atoms with E-state index < -0.39 is 28.1 Å². The van der Waals surface area contributed by atoms with Crippen LogP contribution in [0.1, 0.15) is 43.3 Å². The van der Waals surface area contributed by atoms with Gasteiger partial charge in [-0.15, -0.1) is 0 Å². The summed E-state index contributed by atoms with van der Waals surface area (Å²) in [5, 5.41) is 14.1. The predicted octanol–water partition coefficient (Wildman–Crippen LogP) is 3.38. The number of carbonyl (C=O) groups excluding carboxylic acids is 2. The number of Topliss-reactive ketones (excluding diaryl/α,β-unsaturated/α-hetero) is 1. The van der Waals surface area contributed by atoms with Gasteiger partial charge in [0.2, 0.25) is 0 Å². The van der Waals surface area contributed by atoms with Crippen molar-refractivity contribution in [2.24, 2.45) is 14.1 Å². The van der Waals surface area contributed by atoms with Gasteiger partial charge in [0, 0.05) is 48.8 Å². The maximum Gasteiger partial charge on any atom is 0.343 e. The molecular weight excluding hydrogens is 516 g/mol. The summed E-state index contributed by atoms with van der Waals surface area (Å²) < 4.78 is 7.79. The smallest absolute Gasteiger partial charge is 0.343 e. The molecule has 1 aliphatic heterocycles. The van der Waals surface area contributed by atoms with Gasteiger partial charge in [-0.2, -0.15) is 0 Å². The first-order valence-electron chi connectivity index (χ1n) is 12.2. The Balaban J connectivity index is 1.42. The predicted molar refractivity (Wildman–Crippen MR) is 145 cm³/mol. The lowest BCUT2D eigenvalue weighted by Crippen LogP contribution is -2.42. The van der Waals surface area contributed by atoms with Crippen molar-refractivity contribution in [2.75, 3.05) is 5.32 Å². The summed E-state index contributed by atoms with van der Waals surface area (Å²) in [5.41, 5.74) is 1.88. The summed E-state index contributed by atoms with van der Waals surface area (Å²) in [4.78, 5) is 62.7. The third kappa shape index (κ3) is 3.67. The molecule has 0 radical (unpaired) electrons. The number of nitro groups is 1. The van der Waals surface area contributed by atoms with Crippen LogP contribution in [0.2, 0.25) is 0 Å². The number of fused-ring (bicyclic) bond motifs is 3. The van der Waals surface area contributed by atoms with Gasteiger partial charge in [0.1, 0.15) is 11.6 Å². The first-order valence-corrected chi connectivity index (χ1v) is 12.2. The topological polar surface area (TPSA) is 143 Å². The van der Waals surface area contributed by atoms with E-state index in [-0.39, 0.29) is 28.3 Å². The molecule has 0 spiro atoms. The van der Waals surface area contributed by atoms with Crippen LogP contribution in [0, 0.1) is 10.1 Å². The number of nitro benzene ring substituents is 1. The quantitative estimate of drug-likeness (QED) is 0.181. The van der Waals surface area contributed by atoms with Gasteiger partial charge in [-0.05, 0) is 29.8 Å². The molecule has 3 aromatic carbocycles. The van der Waals surface area contributed by atoms with E-state index in [0.29, 0.717) is 33.8 Å². The van der Waals surface area contributed by atoms with Gasteiger partial charge in [-0.1, -0.05) is 36.4 Å². The molecule has 40 heavy (non-hydrogen) atoms. The van der Waals surface area contributed by atoms with Gasteiger partial charge in [-0.25, -0.2) is 9.59 Å². The summed E-state index contributed by atoms with van der Waals surface area (Å²) in [7, 11) is 2.94. The molecule has 0 bridgehead atoms. The van der Waals surface area contributed by atoms with Gasteiger partial charge >= 0.3 is 11.7 Å². The molecule has 0 unspecified atom stereocenters. The van der Waals surface area contributed by atoms with Crippen molar-refractivity contribution in [1.82, 2.24) is 9.13 Å². The average Bonchev–Trinajstić information content (AvgIpc) is 3.26. The molecule has 1 aromatic heterocycles. The number of ether oxygens (including phenoxy) is 1. The van der Waals surface area contributed by atoms with Crippen LogP contribution in [0.4, 0.5) is 11.5 Å². The Labute approximate surface area is 225 Å². The number of allylic oxidation sites excluding steroid dienone is 1. The molecule has 4 aromatic rings. The molecule has 11 nitrogen and oxygen atoms in total. The lowest BCUT2D eigenvalue weighted by molar-refractivity contribution is -0.384. The summed E-state index contributed by atoms with van der Waals surface area (Å²) in [6, 6.07) is 18.5. The van der Waals surface area contributed by atoms with Crippen LogP contribution in [-0.2, 0) is 14.1 Å². The average molecular weight is 537 g/mol. The third-order valence-electron chi connectivity index (χ3n) is 7.21. The van der Waals surface area contributed by atoms with Gasteiger partial charge in [0.25, 0.3) is 11.2 Å². The van der Waals surface area contributed by atoms with E-state index in [0.717, 1.165) is 4.57 Å². The Bertz CT molecular complexity index is 1920. The summed E-state index contributed by atoms with van der Waals surface area (Å²) in [6.07, 6.45) is 0. The first kappa shape index (κ1) is 24.7. The van der Waals surface area contributed by atoms with E-state index in [1.165, 1.54) is 35.9 Å². The van der Waals surface area contributed by atoms with Crippen LogP contribution in [0.15, 0.2) is 88.0 Å². The molecule has 0 saturated carbocycles. The highest BCUT2D eigenvalue weighted by molar-refractivity contribution is 6.23. The fraction of sp³-hybridized carbons (Fsp3) is 0.103. The number of nitrogens with one attached hydrogen (secondary N) is 1. The van der Waals surface area contributed by atoms with Crippen molar-refractivity contribution in [3.8, 4) is 5.75 Å². The lowest BCUT2D eigenvalue weighted by Gasteiger charge is -2.29. The standard InChI is InChI=1S/C29H20N4O7/c1-31-26-23(27(35)32(2)29(31)37)21(22-24(30-26)19-5-3-4-6-20(19)25(22)34)15-9-13-18(14-10-15)40-28(36)16-7-11-17(12-8-16)33(38)39/h3-14,21,30H,1-2H3/t21-/m1/s1. The molecule has 1 aliphatic carbocycles. The normalized spacial score (nSPS) is 15.2. The number of non-ortho nitro benzene ring substituents is 1. The van der Waals surface area contributed by atoms with Crippen LogP contribution in [0.5, 0.6) is 5.75 Å². The van der Waals surface area contributed by atoms with Crippen molar-refractivity contribution in [1.29, 1.82) is 0 Å². The number of nitrogens with zero attached hydrogens (tertiary/aromatic N) is 3. The fourth-order valence-corrected chi connectivity index (χ4v) is 5.20. The Kier molecular flexibility index (Phi) is 5.58. The molecule has 2 heterocycles. The Hall–Kier alpha value is -5.58. The fourth-order valence-electron chi connectivity index (χ4n) is 5.20. The molecule has 198 valence electrons. The van der Waals surface area contributed by atoms with Crippen LogP contribution >= 0.6 is 0 Å². The molecule has 0 fully saturated rings. The van der Waals surface area contributed by atoms with Crippen LogP contribution < -0.4 is 21.3 Å². The third-order valence-corrected chi connectivity index (χ3v) is 7.21. The molecule has 11 heteroatoms. The van der Waals surface area contributed by atoms with Crippen LogP contribution in [0.25, 0.3) is 5.70 Å². The molecule has 0 amide bonds. The zero-order chi connectivity index (χ0) is 28.3. The number of esters is 1. The molecule has 2 aliphatic rings. The van der Waals surface area contributed by atoms with Gasteiger partial charge in [0.05, 0.1) is 21.7 Å². The first-order chi connectivity index (χ1) is 19.2. The second kappa shape index (κ2) is 9.02. The van der Waals surface area contributed by atoms with Crippen molar-refractivity contribution in [3.05, 3.63) is 137 Å². The highest BCUT2D eigenvalue weighted by Gasteiger charge is 2.42. The highest BCUT2D eigenvalue weighted by Crippen LogP contribution is 2.47. The Morgan fingerprint density at radius 3 is 2.20 bits per heavy atom. The molecule has 0 saturated heterocycles. The van der Waals surface area contributed by atoms with Crippen molar-refractivity contribution >= 4 is 29.0 Å². The second-order valence-electron chi connectivity index (χ2n) is 9.45.